The fraction of sp³-hybridized carbons (Fsp3) is 0.364. The molecule has 1 aromatic rings. The summed E-state index contributed by atoms with van der Waals surface area (Å²) < 4.78 is 5.18. The second-order valence-corrected chi connectivity index (χ2v) is 3.74. The van der Waals surface area contributed by atoms with Gasteiger partial charge >= 0.3 is 0 Å². The van der Waals surface area contributed by atoms with Gasteiger partial charge in [-0.25, -0.2) is 0 Å². The van der Waals surface area contributed by atoms with Gasteiger partial charge in [-0.2, -0.15) is 0 Å². The van der Waals surface area contributed by atoms with E-state index in [0.29, 0.717) is 0 Å². The number of rotatable bonds is 2. The number of aliphatic imine (C=N–C) groups is 1. The maximum atomic E-state index is 5.18. The monoisotopic (exact) mass is 352 g/mol. The van der Waals surface area contributed by atoms with E-state index in [4.69, 9.17) is 4.74 Å². The fourth-order valence-corrected chi connectivity index (χ4v) is 1.87. The van der Waals surface area contributed by atoms with Crippen molar-refractivity contribution >= 4 is 46.6 Å². The Balaban J connectivity index is 0.00000225. The number of thioether (sulfide) groups is 1. The Kier molecular flexibility index (Phi) is 7.57. The first kappa shape index (κ1) is 15.6. The molecular weight excluding hydrogens is 335 g/mol. The van der Waals surface area contributed by atoms with Crippen molar-refractivity contribution in [3.05, 3.63) is 24.3 Å². The smallest absolute Gasteiger partial charge is 0.162 e. The standard InChI is InChI=1S/C11H16N2OS.HI/c1-12-11(15-4)13(2)9-6-5-7-10(8-9)14-3;/h5-8H,1-4H3;1H. The molecule has 3 nitrogen and oxygen atoms in total. The van der Waals surface area contributed by atoms with Crippen molar-refractivity contribution < 1.29 is 4.74 Å². The van der Waals surface area contributed by atoms with Gasteiger partial charge in [0.2, 0.25) is 0 Å². The van der Waals surface area contributed by atoms with Crippen molar-refractivity contribution in [3.63, 3.8) is 0 Å². The number of methoxy groups -OCH3 is 1. The summed E-state index contributed by atoms with van der Waals surface area (Å²) in [4.78, 5) is 6.24. The van der Waals surface area contributed by atoms with Crippen LogP contribution in [0.15, 0.2) is 29.3 Å². The number of nitrogens with zero attached hydrogens (tertiary/aromatic N) is 2. The summed E-state index contributed by atoms with van der Waals surface area (Å²) in [6.45, 7) is 0. The van der Waals surface area contributed by atoms with E-state index in [-0.39, 0.29) is 24.0 Å². The minimum Gasteiger partial charge on any atom is -0.497 e. The molecule has 0 aromatic heterocycles. The molecule has 0 atom stereocenters. The highest BCUT2D eigenvalue weighted by Gasteiger charge is 2.07. The molecule has 0 spiro atoms. The highest BCUT2D eigenvalue weighted by molar-refractivity contribution is 14.0. The molecule has 0 N–H and O–H groups in total. The molecule has 0 amide bonds. The van der Waals surface area contributed by atoms with E-state index in [1.807, 2.05) is 42.5 Å². The summed E-state index contributed by atoms with van der Waals surface area (Å²) in [7, 11) is 5.46. The fourth-order valence-electron chi connectivity index (χ4n) is 1.31. The van der Waals surface area contributed by atoms with Crippen molar-refractivity contribution in [1.29, 1.82) is 0 Å². The molecule has 0 saturated carbocycles. The van der Waals surface area contributed by atoms with Crippen LogP contribution in [0.4, 0.5) is 5.69 Å². The van der Waals surface area contributed by atoms with Gasteiger partial charge < -0.3 is 9.64 Å². The SMILES string of the molecule is CN=C(SC)N(C)c1cccc(OC)c1.I. The van der Waals surface area contributed by atoms with Crippen LogP contribution in [0.25, 0.3) is 0 Å². The third-order valence-corrected chi connectivity index (χ3v) is 2.92. The largest absolute Gasteiger partial charge is 0.497 e. The molecule has 0 fully saturated rings. The van der Waals surface area contributed by atoms with E-state index in [2.05, 4.69) is 4.99 Å². The Labute approximate surface area is 118 Å². The van der Waals surface area contributed by atoms with Crippen LogP contribution in [0, 0.1) is 0 Å². The second kappa shape index (κ2) is 7.78. The molecule has 0 aliphatic carbocycles. The number of anilines is 1. The highest BCUT2D eigenvalue weighted by atomic mass is 127. The predicted octanol–water partition coefficient (Wildman–Crippen LogP) is 3.10. The molecule has 1 rings (SSSR count). The first-order chi connectivity index (χ1) is 7.22. The van der Waals surface area contributed by atoms with Crippen molar-refractivity contribution in [2.45, 2.75) is 0 Å². The average Bonchev–Trinajstić information content (AvgIpc) is 2.30. The number of ether oxygens (including phenoxy) is 1. The number of hydrogen-bond donors (Lipinski definition) is 0. The van der Waals surface area contributed by atoms with Crippen molar-refractivity contribution in [2.75, 3.05) is 32.4 Å². The zero-order chi connectivity index (χ0) is 11.3. The Hall–Kier alpha value is -0.430. The summed E-state index contributed by atoms with van der Waals surface area (Å²) in [5.41, 5.74) is 1.07. The summed E-state index contributed by atoms with van der Waals surface area (Å²) in [5, 5.41) is 0.975. The Morgan fingerprint density at radius 3 is 2.62 bits per heavy atom. The quantitative estimate of drug-likeness (QED) is 0.465. The van der Waals surface area contributed by atoms with Gasteiger partial charge in [0.25, 0.3) is 0 Å². The van der Waals surface area contributed by atoms with Crippen LogP contribution in [0.3, 0.4) is 0 Å². The summed E-state index contributed by atoms with van der Waals surface area (Å²) in [5.74, 6) is 0.857. The minimum absolute atomic E-state index is 0. The number of halogens is 1. The van der Waals surface area contributed by atoms with Gasteiger partial charge in [0, 0.05) is 25.8 Å². The summed E-state index contributed by atoms with van der Waals surface area (Å²) in [6.07, 6.45) is 2.01. The molecule has 16 heavy (non-hydrogen) atoms. The van der Waals surface area contributed by atoms with Gasteiger partial charge in [-0.15, -0.1) is 24.0 Å². The van der Waals surface area contributed by atoms with Crippen LogP contribution in [0.2, 0.25) is 0 Å². The van der Waals surface area contributed by atoms with E-state index < -0.39 is 0 Å². The number of amidine groups is 1. The third-order valence-electron chi connectivity index (χ3n) is 2.10. The zero-order valence-electron chi connectivity index (χ0n) is 9.93. The van der Waals surface area contributed by atoms with E-state index in [0.717, 1.165) is 16.6 Å². The first-order valence-electron chi connectivity index (χ1n) is 4.61. The van der Waals surface area contributed by atoms with Gasteiger partial charge in [0.05, 0.1) is 7.11 Å². The van der Waals surface area contributed by atoms with E-state index in [9.17, 15) is 0 Å². The number of hydrogen-bond acceptors (Lipinski definition) is 3. The van der Waals surface area contributed by atoms with Crippen LogP contribution in [-0.2, 0) is 0 Å². The topological polar surface area (TPSA) is 24.8 Å². The average molecular weight is 352 g/mol. The van der Waals surface area contributed by atoms with E-state index >= 15 is 0 Å². The Bertz CT molecular complexity index is 358. The predicted molar refractivity (Wildman–Crippen MR) is 83.7 cm³/mol. The van der Waals surface area contributed by atoms with Gasteiger partial charge in [0.1, 0.15) is 5.75 Å². The molecule has 90 valence electrons. The molecule has 0 heterocycles. The molecule has 1 aromatic carbocycles. The van der Waals surface area contributed by atoms with Crippen molar-refractivity contribution in [2.24, 2.45) is 4.99 Å². The van der Waals surface area contributed by atoms with Gasteiger partial charge in [-0.1, -0.05) is 17.8 Å². The zero-order valence-corrected chi connectivity index (χ0v) is 13.1. The molecule has 0 radical (unpaired) electrons. The van der Waals surface area contributed by atoms with Crippen LogP contribution < -0.4 is 9.64 Å². The van der Waals surface area contributed by atoms with Crippen LogP contribution in [-0.4, -0.2) is 32.6 Å². The maximum absolute atomic E-state index is 5.18. The lowest BCUT2D eigenvalue weighted by Crippen LogP contribution is -2.23. The molecule has 0 aliphatic rings. The molecule has 5 heteroatoms. The molecule has 0 bridgehead atoms. The van der Waals surface area contributed by atoms with Gasteiger partial charge in [-0.05, 0) is 18.4 Å². The third kappa shape index (κ3) is 3.86. The second-order valence-electron chi connectivity index (χ2n) is 2.97. The molecular formula is C11H17IN2OS. The molecule has 0 unspecified atom stereocenters. The Morgan fingerprint density at radius 2 is 2.12 bits per heavy atom. The lowest BCUT2D eigenvalue weighted by molar-refractivity contribution is 0.415. The lowest BCUT2D eigenvalue weighted by atomic mass is 10.3. The first-order valence-corrected chi connectivity index (χ1v) is 5.84. The summed E-state index contributed by atoms with van der Waals surface area (Å²) >= 11 is 1.62. The van der Waals surface area contributed by atoms with Crippen molar-refractivity contribution in [3.8, 4) is 5.75 Å². The number of benzene rings is 1. The lowest BCUT2D eigenvalue weighted by Gasteiger charge is -2.19. The van der Waals surface area contributed by atoms with E-state index in [1.54, 1.807) is 25.9 Å². The normalized spacial score (nSPS) is 10.6. The maximum Gasteiger partial charge on any atom is 0.162 e. The molecule has 0 saturated heterocycles. The highest BCUT2D eigenvalue weighted by Crippen LogP contribution is 2.21. The minimum atomic E-state index is 0. The van der Waals surface area contributed by atoms with E-state index in [1.165, 1.54) is 0 Å². The summed E-state index contributed by atoms with van der Waals surface area (Å²) in [6, 6.07) is 7.92. The van der Waals surface area contributed by atoms with Gasteiger partial charge in [0.15, 0.2) is 5.17 Å². The van der Waals surface area contributed by atoms with Crippen LogP contribution in [0.1, 0.15) is 0 Å². The van der Waals surface area contributed by atoms with Crippen LogP contribution >= 0.6 is 35.7 Å². The van der Waals surface area contributed by atoms with Crippen molar-refractivity contribution in [1.82, 2.24) is 0 Å². The Morgan fingerprint density at radius 1 is 1.44 bits per heavy atom. The molecule has 0 aliphatic heterocycles. The van der Waals surface area contributed by atoms with Crippen LogP contribution in [0.5, 0.6) is 5.75 Å². The van der Waals surface area contributed by atoms with Gasteiger partial charge in [-0.3, -0.25) is 4.99 Å².